The summed E-state index contributed by atoms with van der Waals surface area (Å²) in [7, 11) is 0. The molecule has 0 aromatic heterocycles. The van der Waals surface area contributed by atoms with Gasteiger partial charge in [-0.05, 0) is 25.2 Å². The van der Waals surface area contributed by atoms with Crippen LogP contribution >= 0.6 is 0 Å². The molecule has 0 aromatic rings. The lowest BCUT2D eigenvalue weighted by Gasteiger charge is -2.30. The maximum atomic E-state index is 13.1. The molecule has 0 spiro atoms. The Morgan fingerprint density at radius 2 is 1.88 bits per heavy atom. The first-order valence-electron chi connectivity index (χ1n) is 6.83. The van der Waals surface area contributed by atoms with E-state index in [4.69, 9.17) is 5.11 Å². The molecule has 0 amide bonds. The molecule has 1 atom stereocenters. The summed E-state index contributed by atoms with van der Waals surface area (Å²) in [5.74, 6) is -2.32. The number of hydrogen-bond donors (Lipinski definition) is 1. The van der Waals surface area contributed by atoms with Crippen LogP contribution in [-0.4, -0.2) is 41.7 Å². The van der Waals surface area contributed by atoms with Gasteiger partial charge in [-0.2, -0.15) is 0 Å². The first-order valence-corrected chi connectivity index (χ1v) is 6.83. The van der Waals surface area contributed by atoms with E-state index in [0.717, 1.165) is 6.54 Å². The maximum absolute atomic E-state index is 13.1. The summed E-state index contributed by atoms with van der Waals surface area (Å²) < 4.78 is 26.3. The molecule has 0 heterocycles. The molecule has 2 fully saturated rings. The summed E-state index contributed by atoms with van der Waals surface area (Å²) in [4.78, 5) is 2.25. The molecule has 2 aliphatic carbocycles. The molecule has 0 aromatic carbocycles. The smallest absolute Gasteiger partial charge is 0.248 e. The predicted octanol–water partition coefficient (Wildman–Crippen LogP) is 2.66. The summed E-state index contributed by atoms with van der Waals surface area (Å²) in [5, 5.41) is 9.08. The molecule has 2 saturated carbocycles. The molecule has 0 bridgehead atoms. The molecule has 2 rings (SSSR count). The third-order valence-corrected chi connectivity index (χ3v) is 4.23. The fraction of sp³-hybridized carbons (Fsp3) is 1.00. The van der Waals surface area contributed by atoms with E-state index in [0.29, 0.717) is 19.0 Å². The van der Waals surface area contributed by atoms with Crippen LogP contribution in [0.2, 0.25) is 0 Å². The van der Waals surface area contributed by atoms with Crippen LogP contribution in [0.1, 0.15) is 44.9 Å². The van der Waals surface area contributed by atoms with E-state index in [1.807, 2.05) is 0 Å². The van der Waals surface area contributed by atoms with Gasteiger partial charge in [-0.25, -0.2) is 8.78 Å². The Bertz CT molecular complexity index is 242. The molecule has 0 saturated heterocycles. The number of rotatable bonds is 5. The molecule has 2 aliphatic rings. The van der Waals surface area contributed by atoms with Gasteiger partial charge >= 0.3 is 0 Å². The monoisotopic (exact) mass is 247 g/mol. The van der Waals surface area contributed by atoms with E-state index >= 15 is 0 Å². The minimum atomic E-state index is -2.44. The largest absolute Gasteiger partial charge is 0.395 e. The van der Waals surface area contributed by atoms with Crippen LogP contribution in [0.15, 0.2) is 0 Å². The summed E-state index contributed by atoms with van der Waals surface area (Å²) in [6, 6.07) is 0.524. The average Bonchev–Trinajstić information content (AvgIpc) is 2.87. The molecule has 2 nitrogen and oxygen atoms in total. The van der Waals surface area contributed by atoms with E-state index in [9.17, 15) is 8.78 Å². The van der Waals surface area contributed by atoms with Crippen molar-refractivity contribution < 1.29 is 13.9 Å². The number of aliphatic hydroxyl groups excluding tert-OH is 1. The van der Waals surface area contributed by atoms with Crippen LogP contribution in [0, 0.1) is 5.92 Å². The predicted molar refractivity (Wildman–Crippen MR) is 63.2 cm³/mol. The summed E-state index contributed by atoms with van der Waals surface area (Å²) in [6.07, 6.45) is 5.56. The zero-order chi connectivity index (χ0) is 12.3. The average molecular weight is 247 g/mol. The Morgan fingerprint density at radius 1 is 1.18 bits per heavy atom. The highest BCUT2D eigenvalue weighted by Crippen LogP contribution is 2.39. The van der Waals surface area contributed by atoms with Gasteiger partial charge in [0.25, 0.3) is 0 Å². The molecule has 0 radical (unpaired) electrons. The van der Waals surface area contributed by atoms with Crippen molar-refractivity contribution in [2.24, 2.45) is 5.92 Å². The van der Waals surface area contributed by atoms with Crippen LogP contribution in [0.25, 0.3) is 0 Å². The SMILES string of the molecule is OCCN(CC1CCC(F)(F)C1)C1CCCC1. The van der Waals surface area contributed by atoms with E-state index in [-0.39, 0.29) is 25.4 Å². The third kappa shape index (κ3) is 3.62. The van der Waals surface area contributed by atoms with Crippen molar-refractivity contribution in [1.82, 2.24) is 4.90 Å². The van der Waals surface area contributed by atoms with E-state index in [1.165, 1.54) is 25.7 Å². The van der Waals surface area contributed by atoms with Gasteiger partial charge in [0, 0.05) is 32.0 Å². The highest BCUT2D eigenvalue weighted by Gasteiger charge is 2.40. The normalized spacial score (nSPS) is 29.3. The maximum Gasteiger partial charge on any atom is 0.248 e. The summed E-state index contributed by atoms with van der Waals surface area (Å²) >= 11 is 0. The first kappa shape index (κ1) is 13.2. The Kier molecular flexibility index (Phi) is 4.36. The molecule has 100 valence electrons. The van der Waals surface area contributed by atoms with Gasteiger partial charge in [0.15, 0.2) is 0 Å². The van der Waals surface area contributed by atoms with Crippen LogP contribution < -0.4 is 0 Å². The van der Waals surface area contributed by atoms with Gasteiger partial charge in [0.05, 0.1) is 6.61 Å². The lowest BCUT2D eigenvalue weighted by molar-refractivity contribution is 0.00233. The van der Waals surface area contributed by atoms with Crippen molar-refractivity contribution in [1.29, 1.82) is 0 Å². The second-order valence-corrected chi connectivity index (χ2v) is 5.62. The second-order valence-electron chi connectivity index (χ2n) is 5.62. The van der Waals surface area contributed by atoms with Crippen LogP contribution in [0.3, 0.4) is 0 Å². The molecular formula is C13H23F2NO. The van der Waals surface area contributed by atoms with Gasteiger partial charge in [-0.15, -0.1) is 0 Å². The van der Waals surface area contributed by atoms with Crippen LogP contribution in [0.4, 0.5) is 8.78 Å². The Hall–Kier alpha value is -0.220. The molecule has 0 aliphatic heterocycles. The standard InChI is InChI=1S/C13H23F2NO/c14-13(15)6-5-11(9-13)10-16(7-8-17)12-3-1-2-4-12/h11-12,17H,1-10H2. The van der Waals surface area contributed by atoms with Gasteiger partial charge in [0.1, 0.15) is 0 Å². The van der Waals surface area contributed by atoms with E-state index < -0.39 is 5.92 Å². The van der Waals surface area contributed by atoms with E-state index in [1.54, 1.807) is 0 Å². The third-order valence-electron chi connectivity index (χ3n) is 4.23. The highest BCUT2D eigenvalue weighted by molar-refractivity contribution is 4.86. The molecule has 1 unspecified atom stereocenters. The zero-order valence-electron chi connectivity index (χ0n) is 10.4. The lowest BCUT2D eigenvalue weighted by atomic mass is 10.1. The molecule has 17 heavy (non-hydrogen) atoms. The van der Waals surface area contributed by atoms with E-state index in [2.05, 4.69) is 4.90 Å². The quantitative estimate of drug-likeness (QED) is 0.807. The topological polar surface area (TPSA) is 23.5 Å². The van der Waals surface area contributed by atoms with Crippen molar-refractivity contribution >= 4 is 0 Å². The number of aliphatic hydroxyl groups is 1. The van der Waals surface area contributed by atoms with Gasteiger partial charge in [0.2, 0.25) is 5.92 Å². The highest BCUT2D eigenvalue weighted by atomic mass is 19.3. The molecule has 1 N–H and O–H groups in total. The van der Waals surface area contributed by atoms with Crippen molar-refractivity contribution in [3.05, 3.63) is 0 Å². The minimum Gasteiger partial charge on any atom is -0.395 e. The number of alkyl halides is 2. The van der Waals surface area contributed by atoms with Crippen LogP contribution in [0.5, 0.6) is 0 Å². The van der Waals surface area contributed by atoms with Crippen molar-refractivity contribution in [2.45, 2.75) is 56.9 Å². The Morgan fingerprint density at radius 3 is 2.41 bits per heavy atom. The van der Waals surface area contributed by atoms with Gasteiger partial charge < -0.3 is 5.11 Å². The Labute approximate surface area is 102 Å². The fourth-order valence-electron chi connectivity index (χ4n) is 3.35. The molecule has 4 heteroatoms. The summed E-state index contributed by atoms with van der Waals surface area (Å²) in [6.45, 7) is 1.53. The molecular weight excluding hydrogens is 224 g/mol. The Balaban J connectivity index is 1.84. The second kappa shape index (κ2) is 5.61. The summed E-state index contributed by atoms with van der Waals surface area (Å²) in [5.41, 5.74) is 0. The zero-order valence-corrected chi connectivity index (χ0v) is 10.4. The fourth-order valence-corrected chi connectivity index (χ4v) is 3.35. The number of halogens is 2. The van der Waals surface area contributed by atoms with Gasteiger partial charge in [-0.3, -0.25) is 4.90 Å². The van der Waals surface area contributed by atoms with Crippen molar-refractivity contribution in [3.63, 3.8) is 0 Å². The minimum absolute atomic E-state index is 0.0433. The number of hydrogen-bond acceptors (Lipinski definition) is 2. The first-order chi connectivity index (χ1) is 8.11. The van der Waals surface area contributed by atoms with Crippen molar-refractivity contribution in [2.75, 3.05) is 19.7 Å². The van der Waals surface area contributed by atoms with Gasteiger partial charge in [-0.1, -0.05) is 12.8 Å². The lowest BCUT2D eigenvalue weighted by Crippen LogP contribution is -2.39. The number of nitrogens with zero attached hydrogens (tertiary/aromatic N) is 1. The van der Waals surface area contributed by atoms with Crippen LogP contribution in [-0.2, 0) is 0 Å². The van der Waals surface area contributed by atoms with Crippen molar-refractivity contribution in [3.8, 4) is 0 Å².